The lowest BCUT2D eigenvalue weighted by Gasteiger charge is -2.32. The number of para-hydroxylation sites is 1. The topological polar surface area (TPSA) is 15.7 Å². The van der Waals surface area contributed by atoms with E-state index in [0.717, 1.165) is 31.4 Å². The van der Waals surface area contributed by atoms with Gasteiger partial charge in [0.2, 0.25) is 0 Å². The molecule has 0 atom stereocenters. The summed E-state index contributed by atoms with van der Waals surface area (Å²) in [5, 5.41) is 0. The van der Waals surface area contributed by atoms with Crippen LogP contribution in [0.2, 0.25) is 0 Å². The zero-order chi connectivity index (χ0) is 18.0. The summed E-state index contributed by atoms with van der Waals surface area (Å²) in [5.74, 6) is 1.85. The van der Waals surface area contributed by atoms with Gasteiger partial charge >= 0.3 is 0 Å². The number of halogens is 2. The molecule has 0 unspecified atom stereocenters. The molecule has 1 aliphatic heterocycles. The third kappa shape index (κ3) is 8.83. The van der Waals surface area contributed by atoms with Crippen molar-refractivity contribution in [1.82, 2.24) is 9.80 Å². The number of rotatable bonds is 9. The third-order valence-corrected chi connectivity index (χ3v) is 5.34. The highest BCUT2D eigenvalue weighted by Gasteiger charge is 2.19. The first-order chi connectivity index (χ1) is 12.8. The summed E-state index contributed by atoms with van der Waals surface area (Å²) in [5.41, 5.74) is 1.41. The van der Waals surface area contributed by atoms with E-state index in [1.807, 2.05) is 30.3 Å². The first kappa shape index (κ1) is 24.8. The number of likely N-dealkylation sites (tertiary alicyclic amines) is 1. The molecule has 0 amide bonds. The van der Waals surface area contributed by atoms with Gasteiger partial charge in [0.1, 0.15) is 12.4 Å². The fourth-order valence-corrected chi connectivity index (χ4v) is 3.69. The number of hydrogen-bond donors (Lipinski definition) is 0. The van der Waals surface area contributed by atoms with Crippen molar-refractivity contribution in [1.29, 1.82) is 0 Å². The van der Waals surface area contributed by atoms with Crippen molar-refractivity contribution in [2.75, 3.05) is 39.8 Å². The Kier molecular flexibility index (Phi) is 12.2. The van der Waals surface area contributed by atoms with Gasteiger partial charge in [0.05, 0.1) is 0 Å². The highest BCUT2D eigenvalue weighted by Crippen LogP contribution is 2.21. The van der Waals surface area contributed by atoms with Crippen LogP contribution in [0.5, 0.6) is 5.75 Å². The van der Waals surface area contributed by atoms with Crippen LogP contribution < -0.4 is 4.74 Å². The first-order valence-corrected chi connectivity index (χ1v) is 9.92. The first-order valence-electron chi connectivity index (χ1n) is 9.92. The van der Waals surface area contributed by atoms with E-state index in [1.54, 1.807) is 0 Å². The fourth-order valence-electron chi connectivity index (χ4n) is 3.69. The molecule has 1 heterocycles. The Morgan fingerprint density at radius 1 is 0.929 bits per heavy atom. The Labute approximate surface area is 182 Å². The molecule has 0 radical (unpaired) electrons. The largest absolute Gasteiger partial charge is 0.492 e. The predicted molar refractivity (Wildman–Crippen MR) is 123 cm³/mol. The van der Waals surface area contributed by atoms with E-state index < -0.39 is 0 Å². The standard InChI is InChI=1S/C23H32N2O.2ClH/c1-24(20-22-8-4-2-5-9-22)15-12-21-13-16-25(17-14-21)18-19-26-23-10-6-3-7-11-23;;/h2-11,21H,12-20H2,1H3;2*1H. The van der Waals surface area contributed by atoms with Gasteiger partial charge in [0.25, 0.3) is 0 Å². The lowest BCUT2D eigenvalue weighted by Crippen LogP contribution is -2.37. The molecule has 0 aliphatic carbocycles. The van der Waals surface area contributed by atoms with E-state index in [4.69, 9.17) is 4.74 Å². The Morgan fingerprint density at radius 3 is 2.18 bits per heavy atom. The quantitative estimate of drug-likeness (QED) is 0.553. The second-order valence-corrected chi connectivity index (χ2v) is 7.46. The minimum atomic E-state index is 0. The second kappa shape index (κ2) is 13.8. The molecule has 2 aromatic carbocycles. The van der Waals surface area contributed by atoms with Crippen molar-refractivity contribution < 1.29 is 4.74 Å². The van der Waals surface area contributed by atoms with Crippen LogP contribution in [-0.2, 0) is 6.54 Å². The molecule has 156 valence electrons. The van der Waals surface area contributed by atoms with Gasteiger partial charge in [0, 0.05) is 13.1 Å². The molecule has 0 bridgehead atoms. The van der Waals surface area contributed by atoms with Gasteiger partial charge in [-0.05, 0) is 69.6 Å². The minimum absolute atomic E-state index is 0. The van der Waals surface area contributed by atoms with Gasteiger partial charge in [-0.15, -0.1) is 24.8 Å². The van der Waals surface area contributed by atoms with Crippen molar-refractivity contribution in [3.05, 3.63) is 66.2 Å². The van der Waals surface area contributed by atoms with E-state index in [0.29, 0.717) is 0 Å². The van der Waals surface area contributed by atoms with Crippen LogP contribution in [0.1, 0.15) is 24.8 Å². The molecule has 5 heteroatoms. The van der Waals surface area contributed by atoms with Gasteiger partial charge in [-0.3, -0.25) is 4.90 Å². The van der Waals surface area contributed by atoms with Crippen LogP contribution in [-0.4, -0.2) is 49.6 Å². The molecule has 0 saturated carbocycles. The van der Waals surface area contributed by atoms with Crippen molar-refractivity contribution in [3.8, 4) is 5.75 Å². The van der Waals surface area contributed by atoms with Gasteiger partial charge in [-0.1, -0.05) is 48.5 Å². The number of piperidine rings is 1. The molecule has 0 aromatic heterocycles. The average molecular weight is 425 g/mol. The SMILES string of the molecule is CN(CCC1CCN(CCOc2ccccc2)CC1)Cc1ccccc1.Cl.Cl. The summed E-state index contributed by atoms with van der Waals surface area (Å²) in [6.45, 7) is 6.49. The zero-order valence-electron chi connectivity index (χ0n) is 16.8. The smallest absolute Gasteiger partial charge is 0.119 e. The van der Waals surface area contributed by atoms with Crippen molar-refractivity contribution in [2.45, 2.75) is 25.8 Å². The van der Waals surface area contributed by atoms with E-state index in [-0.39, 0.29) is 24.8 Å². The highest BCUT2D eigenvalue weighted by atomic mass is 35.5. The van der Waals surface area contributed by atoms with E-state index in [9.17, 15) is 0 Å². The maximum atomic E-state index is 5.82. The number of ether oxygens (including phenoxy) is 1. The zero-order valence-corrected chi connectivity index (χ0v) is 18.5. The molecule has 2 aromatic rings. The molecule has 1 aliphatic rings. The second-order valence-electron chi connectivity index (χ2n) is 7.46. The summed E-state index contributed by atoms with van der Waals surface area (Å²) in [7, 11) is 2.24. The molecule has 1 saturated heterocycles. The monoisotopic (exact) mass is 424 g/mol. The van der Waals surface area contributed by atoms with Gasteiger partial charge in [-0.2, -0.15) is 0 Å². The van der Waals surface area contributed by atoms with E-state index in [2.05, 4.69) is 47.2 Å². The summed E-state index contributed by atoms with van der Waals surface area (Å²) in [6, 6.07) is 20.9. The summed E-state index contributed by atoms with van der Waals surface area (Å²) in [6.07, 6.45) is 3.96. The Morgan fingerprint density at radius 2 is 1.54 bits per heavy atom. The predicted octanol–water partition coefficient (Wildman–Crippen LogP) is 5.14. The van der Waals surface area contributed by atoms with Crippen molar-refractivity contribution in [2.24, 2.45) is 5.92 Å². The number of nitrogens with zero attached hydrogens (tertiary/aromatic N) is 2. The van der Waals surface area contributed by atoms with Crippen LogP contribution in [0.3, 0.4) is 0 Å². The maximum absolute atomic E-state index is 5.82. The lowest BCUT2D eigenvalue weighted by molar-refractivity contribution is 0.145. The molecule has 0 spiro atoms. The fraction of sp³-hybridized carbons (Fsp3) is 0.478. The van der Waals surface area contributed by atoms with Gasteiger partial charge < -0.3 is 9.64 Å². The van der Waals surface area contributed by atoms with Crippen LogP contribution in [0.4, 0.5) is 0 Å². The van der Waals surface area contributed by atoms with Crippen LogP contribution in [0.15, 0.2) is 60.7 Å². The lowest BCUT2D eigenvalue weighted by atomic mass is 9.93. The molecule has 0 N–H and O–H groups in total. The molecule has 3 nitrogen and oxygen atoms in total. The Hall–Kier alpha value is -1.26. The highest BCUT2D eigenvalue weighted by molar-refractivity contribution is 5.85. The van der Waals surface area contributed by atoms with Crippen LogP contribution in [0.25, 0.3) is 0 Å². The average Bonchev–Trinajstić information content (AvgIpc) is 2.69. The van der Waals surface area contributed by atoms with E-state index in [1.165, 1.54) is 44.5 Å². The molecular weight excluding hydrogens is 391 g/mol. The maximum Gasteiger partial charge on any atom is 0.119 e. The van der Waals surface area contributed by atoms with E-state index >= 15 is 0 Å². The number of benzene rings is 2. The van der Waals surface area contributed by atoms with Crippen LogP contribution in [0, 0.1) is 5.92 Å². The van der Waals surface area contributed by atoms with Crippen molar-refractivity contribution >= 4 is 24.8 Å². The van der Waals surface area contributed by atoms with Gasteiger partial charge in [-0.25, -0.2) is 0 Å². The van der Waals surface area contributed by atoms with Gasteiger partial charge in [0.15, 0.2) is 0 Å². The summed E-state index contributed by atoms with van der Waals surface area (Å²) < 4.78 is 5.82. The molecule has 28 heavy (non-hydrogen) atoms. The summed E-state index contributed by atoms with van der Waals surface area (Å²) in [4.78, 5) is 5.00. The normalized spacial score (nSPS) is 14.9. The molecular formula is C23H34Cl2N2O. The minimum Gasteiger partial charge on any atom is -0.492 e. The Bertz CT molecular complexity index is 619. The summed E-state index contributed by atoms with van der Waals surface area (Å²) >= 11 is 0. The third-order valence-electron chi connectivity index (χ3n) is 5.34. The Balaban J connectivity index is 0.00000196. The molecule has 3 rings (SSSR count). The van der Waals surface area contributed by atoms with Crippen LogP contribution >= 0.6 is 24.8 Å². The van der Waals surface area contributed by atoms with Crippen molar-refractivity contribution in [3.63, 3.8) is 0 Å². The number of hydrogen-bond acceptors (Lipinski definition) is 3. The molecule has 1 fully saturated rings.